The number of ether oxygens (including phenoxy) is 1. The number of benzene rings is 2. The van der Waals surface area contributed by atoms with Gasteiger partial charge in [0, 0.05) is 10.9 Å². The van der Waals surface area contributed by atoms with Gasteiger partial charge in [-0.15, -0.1) is 0 Å². The Labute approximate surface area is 141 Å². The van der Waals surface area contributed by atoms with E-state index in [9.17, 15) is 8.42 Å². The smallest absolute Gasteiger partial charge is 0.182 e. The largest absolute Gasteiger partial charge is 0.497 e. The van der Waals surface area contributed by atoms with Crippen LogP contribution in [0, 0.1) is 5.92 Å². The van der Waals surface area contributed by atoms with Crippen LogP contribution in [0.3, 0.4) is 0 Å². The third-order valence-electron chi connectivity index (χ3n) is 4.37. The van der Waals surface area contributed by atoms with Crippen molar-refractivity contribution in [3.05, 3.63) is 59.1 Å². The molecule has 0 radical (unpaired) electrons. The van der Waals surface area contributed by atoms with Gasteiger partial charge in [-0.25, -0.2) is 8.42 Å². The summed E-state index contributed by atoms with van der Waals surface area (Å²) in [5, 5.41) is 0.0314. The molecule has 4 nitrogen and oxygen atoms in total. The Morgan fingerprint density at radius 1 is 1.09 bits per heavy atom. The van der Waals surface area contributed by atoms with Crippen molar-refractivity contribution in [2.24, 2.45) is 11.7 Å². The molecule has 1 aliphatic carbocycles. The first-order valence-electron chi connectivity index (χ1n) is 7.32. The zero-order chi connectivity index (χ0) is 16.6. The van der Waals surface area contributed by atoms with Crippen LogP contribution in [0.1, 0.15) is 11.5 Å². The van der Waals surface area contributed by atoms with Crippen LogP contribution >= 0.6 is 11.6 Å². The first-order chi connectivity index (χ1) is 11.0. The lowest BCUT2D eigenvalue weighted by Gasteiger charge is -2.05. The SMILES string of the molecule is COc1ccc([C@@H]2[C@@H](CN)[C@@H]2S(=O)(=O)c2ccc(Cl)cc2)cc1. The van der Waals surface area contributed by atoms with E-state index in [0.717, 1.165) is 11.3 Å². The molecule has 0 amide bonds. The molecule has 0 saturated heterocycles. The molecule has 1 aliphatic rings. The van der Waals surface area contributed by atoms with Crippen molar-refractivity contribution >= 4 is 21.4 Å². The molecule has 1 saturated carbocycles. The maximum Gasteiger partial charge on any atom is 0.182 e. The average Bonchev–Trinajstić information content (AvgIpc) is 3.31. The van der Waals surface area contributed by atoms with Crippen molar-refractivity contribution in [1.82, 2.24) is 0 Å². The minimum Gasteiger partial charge on any atom is -0.497 e. The molecule has 3 atom stereocenters. The average molecular weight is 352 g/mol. The minimum atomic E-state index is -3.43. The standard InChI is InChI=1S/C17H18ClNO3S/c1-22-13-6-2-11(3-7-13)16-15(10-19)17(16)23(20,21)14-8-4-12(18)5-9-14/h2-9,15-17H,10,19H2,1H3/t15-,16-,17+/m1/s1. The lowest BCUT2D eigenvalue weighted by molar-refractivity contribution is 0.414. The summed E-state index contributed by atoms with van der Waals surface area (Å²) in [7, 11) is -1.83. The lowest BCUT2D eigenvalue weighted by atomic mass is 10.1. The van der Waals surface area contributed by atoms with E-state index in [-0.39, 0.29) is 11.8 Å². The number of halogens is 1. The summed E-state index contributed by atoms with van der Waals surface area (Å²) in [5.74, 6) is 0.603. The highest BCUT2D eigenvalue weighted by Gasteiger charge is 2.57. The zero-order valence-electron chi connectivity index (χ0n) is 12.6. The van der Waals surface area contributed by atoms with E-state index in [0.29, 0.717) is 16.5 Å². The second-order valence-electron chi connectivity index (χ2n) is 5.66. The fourth-order valence-electron chi connectivity index (χ4n) is 3.09. The number of hydrogen-bond acceptors (Lipinski definition) is 4. The number of methoxy groups -OCH3 is 1. The Morgan fingerprint density at radius 2 is 1.70 bits per heavy atom. The van der Waals surface area contributed by atoms with Gasteiger partial charge in [-0.2, -0.15) is 0 Å². The first kappa shape index (κ1) is 16.3. The summed E-state index contributed by atoms with van der Waals surface area (Å²) in [6, 6.07) is 13.8. The second kappa shape index (κ2) is 6.15. The van der Waals surface area contributed by atoms with E-state index in [1.54, 1.807) is 31.4 Å². The van der Waals surface area contributed by atoms with Gasteiger partial charge >= 0.3 is 0 Å². The number of nitrogens with two attached hydrogens (primary N) is 1. The van der Waals surface area contributed by atoms with E-state index in [4.69, 9.17) is 22.1 Å². The second-order valence-corrected chi connectivity index (χ2v) is 8.20. The van der Waals surface area contributed by atoms with Crippen molar-refractivity contribution < 1.29 is 13.2 Å². The number of sulfone groups is 1. The van der Waals surface area contributed by atoms with Crippen molar-refractivity contribution in [2.75, 3.05) is 13.7 Å². The summed E-state index contributed by atoms with van der Waals surface area (Å²) in [5.41, 5.74) is 6.77. The van der Waals surface area contributed by atoms with Gasteiger partial charge in [-0.05, 0) is 54.4 Å². The minimum absolute atomic E-state index is 0.0657. The summed E-state index contributed by atoms with van der Waals surface area (Å²) < 4.78 is 30.9. The number of rotatable bonds is 5. The monoisotopic (exact) mass is 351 g/mol. The molecule has 2 aromatic rings. The maximum absolute atomic E-state index is 12.9. The Kier molecular flexibility index (Phi) is 4.36. The zero-order valence-corrected chi connectivity index (χ0v) is 14.2. The quantitative estimate of drug-likeness (QED) is 0.899. The van der Waals surface area contributed by atoms with E-state index >= 15 is 0 Å². The Morgan fingerprint density at radius 3 is 2.22 bits per heavy atom. The fraction of sp³-hybridized carbons (Fsp3) is 0.294. The van der Waals surface area contributed by atoms with E-state index in [1.807, 2.05) is 24.3 Å². The Bertz CT molecular complexity index is 788. The van der Waals surface area contributed by atoms with Crippen LogP contribution in [0.15, 0.2) is 53.4 Å². The number of hydrogen-bond donors (Lipinski definition) is 1. The molecule has 6 heteroatoms. The van der Waals surface area contributed by atoms with Gasteiger partial charge < -0.3 is 10.5 Å². The molecule has 0 unspecified atom stereocenters. The first-order valence-corrected chi connectivity index (χ1v) is 9.25. The van der Waals surface area contributed by atoms with E-state index in [2.05, 4.69) is 0 Å². The molecule has 0 heterocycles. The molecular weight excluding hydrogens is 334 g/mol. The van der Waals surface area contributed by atoms with Gasteiger partial charge in [-0.1, -0.05) is 23.7 Å². The molecule has 0 aromatic heterocycles. The summed E-state index contributed by atoms with van der Waals surface area (Å²) in [4.78, 5) is 0.293. The highest BCUT2D eigenvalue weighted by molar-refractivity contribution is 7.92. The van der Waals surface area contributed by atoms with Gasteiger partial charge in [0.15, 0.2) is 9.84 Å². The van der Waals surface area contributed by atoms with Crippen LogP contribution in [0.2, 0.25) is 5.02 Å². The lowest BCUT2D eigenvalue weighted by Crippen LogP contribution is -2.13. The van der Waals surface area contributed by atoms with Crippen LogP contribution in [0.25, 0.3) is 0 Å². The van der Waals surface area contributed by atoms with E-state index < -0.39 is 15.1 Å². The predicted molar refractivity (Wildman–Crippen MR) is 90.7 cm³/mol. The predicted octanol–water partition coefficient (Wildman–Crippen LogP) is 2.86. The molecule has 0 spiro atoms. The highest BCUT2D eigenvalue weighted by Crippen LogP contribution is 2.53. The van der Waals surface area contributed by atoms with Gasteiger partial charge in [-0.3, -0.25) is 0 Å². The molecule has 2 N–H and O–H groups in total. The Hall–Kier alpha value is -1.56. The maximum atomic E-state index is 12.9. The van der Waals surface area contributed by atoms with Gasteiger partial charge in [0.05, 0.1) is 17.3 Å². The van der Waals surface area contributed by atoms with Crippen molar-refractivity contribution in [3.63, 3.8) is 0 Å². The molecule has 23 heavy (non-hydrogen) atoms. The van der Waals surface area contributed by atoms with Crippen LogP contribution < -0.4 is 10.5 Å². The molecular formula is C17H18ClNO3S. The normalized spacial score (nSPS) is 23.5. The third kappa shape index (κ3) is 2.96. The summed E-state index contributed by atoms with van der Waals surface area (Å²) in [6.45, 7) is 0.341. The Balaban J connectivity index is 1.90. The molecule has 122 valence electrons. The van der Waals surface area contributed by atoms with Crippen LogP contribution in [0.5, 0.6) is 5.75 Å². The van der Waals surface area contributed by atoms with E-state index in [1.165, 1.54) is 0 Å². The van der Waals surface area contributed by atoms with Crippen molar-refractivity contribution in [2.45, 2.75) is 16.1 Å². The van der Waals surface area contributed by atoms with Gasteiger partial charge in [0.25, 0.3) is 0 Å². The van der Waals surface area contributed by atoms with Crippen LogP contribution in [-0.2, 0) is 9.84 Å². The summed E-state index contributed by atoms with van der Waals surface area (Å²) in [6.07, 6.45) is 0. The fourth-order valence-corrected chi connectivity index (χ4v) is 5.44. The van der Waals surface area contributed by atoms with Crippen molar-refractivity contribution in [1.29, 1.82) is 0 Å². The molecule has 1 fully saturated rings. The third-order valence-corrected chi connectivity index (χ3v) is 6.91. The molecule has 2 aromatic carbocycles. The topological polar surface area (TPSA) is 69.4 Å². The van der Waals surface area contributed by atoms with Gasteiger partial charge in [0.1, 0.15) is 5.75 Å². The highest BCUT2D eigenvalue weighted by atomic mass is 35.5. The molecule has 0 bridgehead atoms. The molecule has 3 rings (SSSR count). The summed E-state index contributed by atoms with van der Waals surface area (Å²) >= 11 is 5.84. The van der Waals surface area contributed by atoms with Crippen LogP contribution in [-0.4, -0.2) is 27.3 Å². The van der Waals surface area contributed by atoms with Crippen LogP contribution in [0.4, 0.5) is 0 Å². The molecule has 0 aliphatic heterocycles. The van der Waals surface area contributed by atoms with Gasteiger partial charge in [0.2, 0.25) is 0 Å². The van der Waals surface area contributed by atoms with Crippen molar-refractivity contribution in [3.8, 4) is 5.75 Å².